The zero-order valence-electron chi connectivity index (χ0n) is 10.4. The lowest BCUT2D eigenvalue weighted by Crippen LogP contribution is -2.18. The lowest BCUT2D eigenvalue weighted by molar-refractivity contribution is 0.849. The molecule has 2 heterocycles. The van der Waals surface area contributed by atoms with E-state index in [9.17, 15) is 0 Å². The summed E-state index contributed by atoms with van der Waals surface area (Å²) in [6.45, 7) is 0.636. The topological polar surface area (TPSA) is 29.0 Å². The van der Waals surface area contributed by atoms with Gasteiger partial charge in [0.15, 0.2) is 5.82 Å². The third-order valence-electron chi connectivity index (χ3n) is 2.90. The number of rotatable bonds is 3. The van der Waals surface area contributed by atoms with Gasteiger partial charge in [-0.25, -0.2) is 9.97 Å². The van der Waals surface area contributed by atoms with E-state index < -0.39 is 0 Å². The Kier molecular flexibility index (Phi) is 3.36. The first-order chi connectivity index (χ1) is 9.24. The van der Waals surface area contributed by atoms with Crippen LogP contribution in [0.5, 0.6) is 0 Å². The molecule has 0 aliphatic rings. The second-order valence-corrected chi connectivity index (χ2v) is 5.51. The Morgan fingerprint density at radius 2 is 1.95 bits per heavy atom. The predicted octanol–water partition coefficient (Wildman–Crippen LogP) is 3.98. The van der Waals surface area contributed by atoms with Crippen LogP contribution in [0.25, 0.3) is 10.2 Å². The number of hydrogen-bond acceptors (Lipinski definition) is 4. The van der Waals surface area contributed by atoms with Gasteiger partial charge in [-0.3, -0.25) is 0 Å². The van der Waals surface area contributed by atoms with Crippen molar-refractivity contribution >= 4 is 38.8 Å². The van der Waals surface area contributed by atoms with Crippen molar-refractivity contribution in [3.05, 3.63) is 52.8 Å². The molecule has 1 aromatic carbocycles. The van der Waals surface area contributed by atoms with Gasteiger partial charge < -0.3 is 4.90 Å². The summed E-state index contributed by atoms with van der Waals surface area (Å²) in [7, 11) is 2.02. The van der Waals surface area contributed by atoms with Crippen molar-refractivity contribution in [2.24, 2.45) is 0 Å². The Hall–Kier alpha value is -1.65. The summed E-state index contributed by atoms with van der Waals surface area (Å²) < 4.78 is 0. The van der Waals surface area contributed by atoms with Gasteiger partial charge in [-0.2, -0.15) is 0 Å². The first kappa shape index (κ1) is 12.4. The Bertz CT molecular complexity index is 696. The molecule has 0 radical (unpaired) electrons. The summed E-state index contributed by atoms with van der Waals surface area (Å²) in [6.07, 6.45) is 0. The van der Waals surface area contributed by atoms with Gasteiger partial charge in [-0.1, -0.05) is 29.8 Å². The van der Waals surface area contributed by atoms with Gasteiger partial charge >= 0.3 is 0 Å². The van der Waals surface area contributed by atoms with E-state index in [0.29, 0.717) is 11.7 Å². The fourth-order valence-corrected chi connectivity index (χ4v) is 3.01. The highest BCUT2D eigenvalue weighted by Crippen LogP contribution is 2.25. The summed E-state index contributed by atoms with van der Waals surface area (Å²) in [5.41, 5.74) is 1.13. The van der Waals surface area contributed by atoms with Crippen LogP contribution >= 0.6 is 22.9 Å². The Labute approximate surface area is 120 Å². The number of fused-ring (bicyclic) bond motifs is 1. The number of hydrogen-bond donors (Lipinski definition) is 0. The highest BCUT2D eigenvalue weighted by Gasteiger charge is 2.09. The molecule has 19 heavy (non-hydrogen) atoms. The first-order valence-electron chi connectivity index (χ1n) is 5.90. The van der Waals surface area contributed by atoms with Crippen LogP contribution in [0.4, 0.5) is 5.69 Å². The number of thiophene rings is 1. The molecule has 3 nitrogen and oxygen atoms in total. The van der Waals surface area contributed by atoms with E-state index in [1.54, 1.807) is 11.3 Å². The van der Waals surface area contributed by atoms with Gasteiger partial charge in [0.05, 0.1) is 6.54 Å². The van der Waals surface area contributed by atoms with Gasteiger partial charge in [-0.05, 0) is 23.6 Å². The van der Waals surface area contributed by atoms with Gasteiger partial charge in [-0.15, -0.1) is 11.3 Å². The van der Waals surface area contributed by atoms with Crippen LogP contribution in [0.15, 0.2) is 41.8 Å². The first-order valence-corrected chi connectivity index (χ1v) is 7.15. The van der Waals surface area contributed by atoms with E-state index in [1.165, 1.54) is 0 Å². The number of para-hydroxylation sites is 1. The fraction of sp³-hybridized carbons (Fsp3) is 0.143. The number of aromatic nitrogens is 2. The summed E-state index contributed by atoms with van der Waals surface area (Å²) in [6, 6.07) is 12.1. The molecule has 3 rings (SSSR count). The minimum atomic E-state index is 0.530. The van der Waals surface area contributed by atoms with Crippen molar-refractivity contribution in [1.82, 2.24) is 9.97 Å². The van der Waals surface area contributed by atoms with Crippen molar-refractivity contribution in [1.29, 1.82) is 0 Å². The van der Waals surface area contributed by atoms with E-state index in [1.807, 2.05) is 36.7 Å². The SMILES string of the molecule is CN(Cc1nc(Cl)c2ccsc2n1)c1ccccc1. The summed E-state index contributed by atoms with van der Waals surface area (Å²) in [5, 5.41) is 3.44. The monoisotopic (exact) mass is 289 g/mol. The van der Waals surface area contributed by atoms with Crippen molar-refractivity contribution in [3.63, 3.8) is 0 Å². The zero-order chi connectivity index (χ0) is 13.2. The molecule has 2 aromatic heterocycles. The molecule has 0 spiro atoms. The maximum Gasteiger partial charge on any atom is 0.151 e. The van der Waals surface area contributed by atoms with Gasteiger partial charge in [0.25, 0.3) is 0 Å². The van der Waals surface area contributed by atoms with E-state index in [-0.39, 0.29) is 0 Å². The quantitative estimate of drug-likeness (QED) is 0.683. The molecule has 3 aromatic rings. The minimum absolute atomic E-state index is 0.530. The predicted molar refractivity (Wildman–Crippen MR) is 81.0 cm³/mol. The molecular formula is C14H12ClN3S. The van der Waals surface area contributed by atoms with E-state index in [0.717, 1.165) is 21.7 Å². The van der Waals surface area contributed by atoms with E-state index in [4.69, 9.17) is 11.6 Å². The van der Waals surface area contributed by atoms with Crippen LogP contribution in [0, 0.1) is 0 Å². The summed E-state index contributed by atoms with van der Waals surface area (Å²) >= 11 is 7.75. The zero-order valence-corrected chi connectivity index (χ0v) is 11.9. The number of benzene rings is 1. The lowest BCUT2D eigenvalue weighted by Gasteiger charge is -2.18. The molecule has 0 aliphatic heterocycles. The molecule has 0 fully saturated rings. The van der Waals surface area contributed by atoms with Crippen molar-refractivity contribution in [2.75, 3.05) is 11.9 Å². The normalized spacial score (nSPS) is 10.8. The highest BCUT2D eigenvalue weighted by molar-refractivity contribution is 7.16. The van der Waals surface area contributed by atoms with E-state index in [2.05, 4.69) is 27.0 Å². The van der Waals surface area contributed by atoms with Crippen molar-refractivity contribution in [3.8, 4) is 0 Å². The standard InChI is InChI=1S/C14H12ClN3S/c1-18(10-5-3-2-4-6-10)9-12-16-13(15)11-7-8-19-14(11)17-12/h2-8H,9H2,1H3. The van der Waals surface area contributed by atoms with Crippen LogP contribution < -0.4 is 4.90 Å². The summed E-state index contributed by atoms with van der Waals surface area (Å²) in [5.74, 6) is 0.742. The van der Waals surface area contributed by atoms with Crippen LogP contribution in [0.2, 0.25) is 5.15 Å². The second-order valence-electron chi connectivity index (χ2n) is 4.26. The molecule has 5 heteroatoms. The highest BCUT2D eigenvalue weighted by atomic mass is 35.5. The Morgan fingerprint density at radius 1 is 1.16 bits per heavy atom. The molecule has 96 valence electrons. The lowest BCUT2D eigenvalue weighted by atomic mass is 10.3. The molecule has 0 saturated carbocycles. The molecule has 0 atom stereocenters. The third kappa shape index (κ3) is 2.55. The Morgan fingerprint density at radius 3 is 2.74 bits per heavy atom. The molecule has 0 unspecified atom stereocenters. The number of nitrogens with zero attached hydrogens (tertiary/aromatic N) is 3. The summed E-state index contributed by atoms with van der Waals surface area (Å²) in [4.78, 5) is 11.9. The minimum Gasteiger partial charge on any atom is -0.367 e. The number of anilines is 1. The van der Waals surface area contributed by atoms with Crippen molar-refractivity contribution in [2.45, 2.75) is 6.54 Å². The van der Waals surface area contributed by atoms with Crippen LogP contribution in [-0.4, -0.2) is 17.0 Å². The fourth-order valence-electron chi connectivity index (χ4n) is 1.92. The van der Waals surface area contributed by atoms with Gasteiger partial charge in [0, 0.05) is 18.1 Å². The van der Waals surface area contributed by atoms with Crippen LogP contribution in [0.3, 0.4) is 0 Å². The van der Waals surface area contributed by atoms with Gasteiger partial charge in [0.1, 0.15) is 9.98 Å². The average Bonchev–Trinajstić information content (AvgIpc) is 2.88. The smallest absolute Gasteiger partial charge is 0.151 e. The largest absolute Gasteiger partial charge is 0.367 e. The molecule has 0 amide bonds. The molecular weight excluding hydrogens is 278 g/mol. The Balaban J connectivity index is 1.89. The maximum absolute atomic E-state index is 6.17. The molecule has 0 aliphatic carbocycles. The average molecular weight is 290 g/mol. The molecule has 0 saturated heterocycles. The second kappa shape index (κ2) is 5.15. The van der Waals surface area contributed by atoms with E-state index >= 15 is 0 Å². The third-order valence-corrected chi connectivity index (χ3v) is 4.00. The van der Waals surface area contributed by atoms with Crippen LogP contribution in [-0.2, 0) is 6.54 Å². The molecule has 0 N–H and O–H groups in total. The number of halogens is 1. The van der Waals surface area contributed by atoms with Crippen molar-refractivity contribution < 1.29 is 0 Å². The molecule has 0 bridgehead atoms. The van der Waals surface area contributed by atoms with Gasteiger partial charge in [0.2, 0.25) is 0 Å². The van der Waals surface area contributed by atoms with Crippen LogP contribution in [0.1, 0.15) is 5.82 Å². The maximum atomic E-state index is 6.17.